The number of nitrogens with two attached hydrogens (primary N) is 1. The Morgan fingerprint density at radius 1 is 1.13 bits per heavy atom. The molecule has 1 aliphatic heterocycles. The summed E-state index contributed by atoms with van der Waals surface area (Å²) in [5.41, 5.74) is 6.55. The molecule has 6 heteroatoms. The van der Waals surface area contributed by atoms with Crippen LogP contribution in [0.2, 0.25) is 0 Å². The summed E-state index contributed by atoms with van der Waals surface area (Å²) in [6.07, 6.45) is 9.22. The molecule has 0 radical (unpaired) electrons. The Balaban J connectivity index is 1.63. The minimum Gasteiger partial charge on any atom is -0.303 e. The molecule has 0 amide bonds. The smallest absolute Gasteiger partial charge is 0.134 e. The van der Waals surface area contributed by atoms with Crippen molar-refractivity contribution in [2.24, 2.45) is 5.73 Å². The summed E-state index contributed by atoms with van der Waals surface area (Å²) < 4.78 is 15.3. The first-order valence-electron chi connectivity index (χ1n) is 11.9. The summed E-state index contributed by atoms with van der Waals surface area (Å²) in [7, 11) is 0. The Labute approximate surface area is 182 Å². The zero-order valence-electron chi connectivity index (χ0n) is 19.0. The molecule has 3 rings (SSSR count). The van der Waals surface area contributed by atoms with E-state index in [1.54, 1.807) is 13.8 Å². The van der Waals surface area contributed by atoms with Crippen molar-refractivity contribution in [1.29, 1.82) is 0 Å². The molecule has 1 aliphatic carbocycles. The van der Waals surface area contributed by atoms with Gasteiger partial charge in [0.05, 0.1) is 6.17 Å². The number of aryl methyl sites for hydroxylation is 1. The lowest BCUT2D eigenvalue weighted by Gasteiger charge is -2.52. The van der Waals surface area contributed by atoms with Gasteiger partial charge in [-0.2, -0.15) is 0 Å². The maximum atomic E-state index is 15.3. The molecule has 0 aromatic heterocycles. The van der Waals surface area contributed by atoms with Crippen LogP contribution in [0.4, 0.5) is 4.39 Å². The standard InChI is InChI=1S/C24H42FN5/c1-4-19(17-16-18-12-8-7-9-13-18)27-23-28-21(24(2,3)25)30(22(26)29-23)20-14-10-5-6-11-15-20/h7-9,12-13,19-23,27-29H,4-6,10-11,14-17,26H2,1-3H3. The summed E-state index contributed by atoms with van der Waals surface area (Å²) in [6.45, 7) is 5.52. The monoisotopic (exact) mass is 419 g/mol. The lowest BCUT2D eigenvalue weighted by atomic mass is 9.99. The molecule has 0 bridgehead atoms. The zero-order valence-corrected chi connectivity index (χ0v) is 19.0. The summed E-state index contributed by atoms with van der Waals surface area (Å²) in [6, 6.07) is 11.2. The molecule has 5 N–H and O–H groups in total. The van der Waals surface area contributed by atoms with Gasteiger partial charge < -0.3 is 5.73 Å². The fourth-order valence-electron chi connectivity index (χ4n) is 4.98. The predicted octanol–water partition coefficient (Wildman–Crippen LogP) is 3.81. The van der Waals surface area contributed by atoms with Gasteiger partial charge in [0, 0.05) is 12.1 Å². The molecule has 1 aromatic carbocycles. The highest BCUT2D eigenvalue weighted by molar-refractivity contribution is 5.14. The third kappa shape index (κ3) is 6.47. The second kappa shape index (κ2) is 11.0. The van der Waals surface area contributed by atoms with E-state index in [4.69, 9.17) is 5.73 Å². The van der Waals surface area contributed by atoms with E-state index >= 15 is 4.39 Å². The van der Waals surface area contributed by atoms with Crippen LogP contribution in [-0.2, 0) is 6.42 Å². The second-order valence-corrected chi connectivity index (χ2v) is 9.57. The summed E-state index contributed by atoms with van der Waals surface area (Å²) in [4.78, 5) is 2.16. The van der Waals surface area contributed by atoms with Crippen molar-refractivity contribution in [2.75, 3.05) is 0 Å². The molecule has 30 heavy (non-hydrogen) atoms. The molecule has 4 unspecified atom stereocenters. The topological polar surface area (TPSA) is 65.3 Å². The van der Waals surface area contributed by atoms with Gasteiger partial charge in [-0.05, 0) is 51.5 Å². The number of benzene rings is 1. The van der Waals surface area contributed by atoms with Crippen LogP contribution in [0.1, 0.15) is 77.7 Å². The zero-order chi connectivity index (χ0) is 21.6. The number of hydrogen-bond acceptors (Lipinski definition) is 5. The molecule has 170 valence electrons. The Bertz CT molecular complexity index is 612. The molecule has 1 aromatic rings. The minimum absolute atomic E-state index is 0.206. The molecule has 1 heterocycles. The van der Waals surface area contributed by atoms with E-state index in [9.17, 15) is 0 Å². The van der Waals surface area contributed by atoms with Gasteiger partial charge in [-0.1, -0.05) is 62.9 Å². The highest BCUT2D eigenvalue weighted by Gasteiger charge is 2.45. The summed E-state index contributed by atoms with van der Waals surface area (Å²) in [5, 5.41) is 10.6. The van der Waals surface area contributed by atoms with E-state index in [-0.39, 0.29) is 12.6 Å². The molecule has 2 fully saturated rings. The van der Waals surface area contributed by atoms with Crippen LogP contribution in [-0.4, -0.2) is 41.4 Å². The van der Waals surface area contributed by atoms with Crippen molar-refractivity contribution in [3.8, 4) is 0 Å². The quantitative estimate of drug-likeness (QED) is 0.483. The minimum atomic E-state index is -1.39. The maximum Gasteiger partial charge on any atom is 0.134 e. The van der Waals surface area contributed by atoms with Crippen molar-refractivity contribution in [1.82, 2.24) is 20.9 Å². The van der Waals surface area contributed by atoms with E-state index in [1.807, 2.05) is 0 Å². The van der Waals surface area contributed by atoms with Crippen molar-refractivity contribution in [2.45, 2.75) is 115 Å². The number of halogens is 1. The Kier molecular flexibility index (Phi) is 8.66. The number of nitrogens with zero attached hydrogens (tertiary/aromatic N) is 1. The Hall–Kier alpha value is -1.05. The van der Waals surface area contributed by atoms with Crippen LogP contribution in [0.5, 0.6) is 0 Å². The van der Waals surface area contributed by atoms with Gasteiger partial charge in [-0.3, -0.25) is 20.9 Å². The first kappa shape index (κ1) is 23.6. The highest BCUT2D eigenvalue weighted by Crippen LogP contribution is 2.29. The van der Waals surface area contributed by atoms with Crippen LogP contribution < -0.4 is 21.7 Å². The number of hydrogen-bond donors (Lipinski definition) is 4. The summed E-state index contributed by atoms with van der Waals surface area (Å²) >= 11 is 0. The van der Waals surface area contributed by atoms with Crippen molar-refractivity contribution in [3.63, 3.8) is 0 Å². The average Bonchev–Trinajstić information content (AvgIpc) is 3.00. The molecule has 2 aliphatic rings. The largest absolute Gasteiger partial charge is 0.303 e. The van der Waals surface area contributed by atoms with Gasteiger partial charge in [0.15, 0.2) is 0 Å². The molecule has 1 saturated heterocycles. The van der Waals surface area contributed by atoms with E-state index in [1.165, 1.54) is 31.2 Å². The van der Waals surface area contributed by atoms with Gasteiger partial charge in [-0.15, -0.1) is 0 Å². The highest BCUT2D eigenvalue weighted by atomic mass is 19.1. The average molecular weight is 420 g/mol. The summed E-state index contributed by atoms with van der Waals surface area (Å²) in [5.74, 6) is 0. The molecule has 4 atom stereocenters. The van der Waals surface area contributed by atoms with Crippen molar-refractivity contribution in [3.05, 3.63) is 35.9 Å². The maximum absolute atomic E-state index is 15.3. The predicted molar refractivity (Wildman–Crippen MR) is 122 cm³/mol. The van der Waals surface area contributed by atoms with Gasteiger partial charge >= 0.3 is 0 Å². The van der Waals surface area contributed by atoms with Crippen LogP contribution in [0.25, 0.3) is 0 Å². The molecule has 1 saturated carbocycles. The second-order valence-electron chi connectivity index (χ2n) is 9.57. The number of alkyl halides is 1. The molecular weight excluding hydrogens is 377 g/mol. The Morgan fingerprint density at radius 3 is 2.40 bits per heavy atom. The van der Waals surface area contributed by atoms with Crippen molar-refractivity contribution < 1.29 is 4.39 Å². The third-order valence-corrected chi connectivity index (χ3v) is 6.70. The first-order valence-corrected chi connectivity index (χ1v) is 11.9. The van der Waals surface area contributed by atoms with Crippen LogP contribution in [0, 0.1) is 0 Å². The van der Waals surface area contributed by atoms with Crippen LogP contribution in [0.15, 0.2) is 30.3 Å². The van der Waals surface area contributed by atoms with Gasteiger partial charge in [0.1, 0.15) is 18.2 Å². The number of rotatable bonds is 8. The van der Waals surface area contributed by atoms with E-state index < -0.39 is 11.8 Å². The van der Waals surface area contributed by atoms with Crippen molar-refractivity contribution >= 4 is 0 Å². The number of nitrogens with one attached hydrogen (secondary N) is 3. The van der Waals surface area contributed by atoms with E-state index in [2.05, 4.69) is 58.1 Å². The van der Waals surface area contributed by atoms with Gasteiger partial charge in [-0.25, -0.2) is 4.39 Å². The van der Waals surface area contributed by atoms with Gasteiger partial charge in [0.2, 0.25) is 0 Å². The van der Waals surface area contributed by atoms with E-state index in [0.29, 0.717) is 12.1 Å². The molecule has 5 nitrogen and oxygen atoms in total. The lowest BCUT2D eigenvalue weighted by molar-refractivity contribution is -0.0842. The van der Waals surface area contributed by atoms with E-state index in [0.717, 1.165) is 32.1 Å². The van der Waals surface area contributed by atoms with Crippen LogP contribution in [0.3, 0.4) is 0 Å². The fourth-order valence-corrected chi connectivity index (χ4v) is 4.98. The van der Waals surface area contributed by atoms with Gasteiger partial charge in [0.25, 0.3) is 0 Å². The first-order chi connectivity index (χ1) is 14.4. The lowest BCUT2D eigenvalue weighted by Crippen LogP contribution is -2.79. The normalized spacial score (nSPS) is 28.2. The molecular formula is C24H42FN5. The Morgan fingerprint density at radius 2 is 1.80 bits per heavy atom. The van der Waals surface area contributed by atoms with Crippen LogP contribution >= 0.6 is 0 Å². The fraction of sp³-hybridized carbons (Fsp3) is 0.750. The SMILES string of the molecule is CCC(CCc1ccccc1)NC1NC(N)N(C2CCCCCC2)C(C(C)(C)F)N1. The third-order valence-electron chi connectivity index (χ3n) is 6.70. The molecule has 0 spiro atoms.